The Kier molecular flexibility index (Phi) is 4.93. The van der Waals surface area contributed by atoms with Crippen molar-refractivity contribution in [2.24, 2.45) is 14.1 Å². The Morgan fingerprint density at radius 2 is 1.83 bits per heavy atom. The van der Waals surface area contributed by atoms with Gasteiger partial charge in [0.25, 0.3) is 5.56 Å². The average Bonchev–Trinajstić information content (AvgIpc) is 2.82. The van der Waals surface area contributed by atoms with Crippen molar-refractivity contribution in [3.8, 4) is 0 Å². The van der Waals surface area contributed by atoms with Crippen LogP contribution in [-0.2, 0) is 20.6 Å². The van der Waals surface area contributed by atoms with Crippen molar-refractivity contribution in [2.75, 3.05) is 19.0 Å². The van der Waals surface area contributed by atoms with Gasteiger partial charge in [0, 0.05) is 34.7 Å². The number of hydrogen-bond acceptors (Lipinski definition) is 5. The molecule has 0 amide bonds. The van der Waals surface area contributed by atoms with E-state index in [1.54, 1.807) is 30.5 Å². The topological polar surface area (TPSA) is 85.3 Å². The van der Waals surface area contributed by atoms with Gasteiger partial charge < -0.3 is 14.6 Å². The summed E-state index contributed by atoms with van der Waals surface area (Å²) < 4.78 is 4.38. The standard InChI is InChI=1S/C15H25N5O3/c1-10(21)8-6-7-9-20-13(22)11-12(19(5)15(20)23)16-14(17(2)3)18(11)4/h10,21H,6-9H2,1-5H3. The van der Waals surface area contributed by atoms with Crippen molar-refractivity contribution in [3.05, 3.63) is 20.8 Å². The number of aliphatic hydroxyl groups excluding tert-OH is 1. The largest absolute Gasteiger partial charge is 0.393 e. The second kappa shape index (κ2) is 6.57. The fourth-order valence-electron chi connectivity index (χ4n) is 2.74. The molecule has 8 nitrogen and oxygen atoms in total. The predicted octanol–water partition coefficient (Wildman–Crippen LogP) is 0.0508. The number of imidazole rings is 1. The van der Waals surface area contributed by atoms with Crippen LogP contribution in [0.25, 0.3) is 11.2 Å². The highest BCUT2D eigenvalue weighted by Gasteiger charge is 2.18. The van der Waals surface area contributed by atoms with Gasteiger partial charge >= 0.3 is 5.69 Å². The third kappa shape index (κ3) is 3.17. The SMILES string of the molecule is CC(O)CCCCn1c(=O)c2c(nc(N(C)C)n2C)n(C)c1=O. The van der Waals surface area contributed by atoms with E-state index in [-0.39, 0.29) is 17.4 Å². The molecule has 0 aliphatic carbocycles. The van der Waals surface area contributed by atoms with E-state index in [2.05, 4.69) is 4.98 Å². The minimum atomic E-state index is -0.364. The fourth-order valence-corrected chi connectivity index (χ4v) is 2.74. The molecule has 2 rings (SSSR count). The van der Waals surface area contributed by atoms with Crippen LogP contribution in [0.15, 0.2) is 9.59 Å². The summed E-state index contributed by atoms with van der Waals surface area (Å²) in [4.78, 5) is 31.3. The summed E-state index contributed by atoms with van der Waals surface area (Å²) in [6, 6.07) is 0. The molecule has 0 aliphatic heterocycles. The number of aromatic nitrogens is 4. The zero-order chi connectivity index (χ0) is 17.3. The zero-order valence-electron chi connectivity index (χ0n) is 14.4. The lowest BCUT2D eigenvalue weighted by Gasteiger charge is -2.11. The van der Waals surface area contributed by atoms with Crippen molar-refractivity contribution in [1.82, 2.24) is 18.7 Å². The molecule has 0 radical (unpaired) electrons. The molecule has 1 unspecified atom stereocenters. The maximum absolute atomic E-state index is 12.7. The van der Waals surface area contributed by atoms with E-state index in [0.717, 1.165) is 6.42 Å². The predicted molar refractivity (Wildman–Crippen MR) is 90.1 cm³/mol. The summed E-state index contributed by atoms with van der Waals surface area (Å²) >= 11 is 0. The lowest BCUT2D eigenvalue weighted by atomic mass is 10.2. The monoisotopic (exact) mass is 323 g/mol. The molecule has 0 spiro atoms. The minimum absolute atomic E-state index is 0.316. The molecule has 0 fully saturated rings. The van der Waals surface area contributed by atoms with E-state index in [0.29, 0.717) is 36.5 Å². The normalized spacial score (nSPS) is 12.8. The van der Waals surface area contributed by atoms with Crippen LogP contribution in [0.5, 0.6) is 0 Å². The van der Waals surface area contributed by atoms with E-state index in [1.807, 2.05) is 14.1 Å². The summed E-state index contributed by atoms with van der Waals surface area (Å²) in [6.45, 7) is 2.08. The highest BCUT2D eigenvalue weighted by atomic mass is 16.3. The number of unbranched alkanes of at least 4 members (excludes halogenated alkanes) is 1. The van der Waals surface area contributed by atoms with E-state index < -0.39 is 0 Å². The van der Waals surface area contributed by atoms with Crippen molar-refractivity contribution in [1.29, 1.82) is 0 Å². The molecule has 0 bridgehead atoms. The first kappa shape index (κ1) is 17.3. The van der Waals surface area contributed by atoms with E-state index >= 15 is 0 Å². The van der Waals surface area contributed by atoms with E-state index in [9.17, 15) is 14.7 Å². The first-order valence-electron chi connectivity index (χ1n) is 7.77. The fraction of sp³-hybridized carbons (Fsp3) is 0.667. The number of rotatable bonds is 6. The molecule has 0 saturated carbocycles. The van der Waals surface area contributed by atoms with Gasteiger partial charge in [-0.3, -0.25) is 13.9 Å². The molecule has 2 aromatic heterocycles. The molecule has 2 aromatic rings. The van der Waals surface area contributed by atoms with Crippen molar-refractivity contribution in [3.63, 3.8) is 0 Å². The van der Waals surface area contributed by atoms with E-state index in [1.165, 1.54) is 9.13 Å². The van der Waals surface area contributed by atoms with Crippen LogP contribution in [0.2, 0.25) is 0 Å². The summed E-state index contributed by atoms with van der Waals surface area (Å²) in [5.41, 5.74) is 0.143. The molecular formula is C15H25N5O3. The Balaban J connectivity index is 2.49. The summed E-state index contributed by atoms with van der Waals surface area (Å²) in [7, 11) is 7.08. The number of hydrogen-bond donors (Lipinski definition) is 1. The Morgan fingerprint density at radius 3 is 2.39 bits per heavy atom. The van der Waals surface area contributed by atoms with Crippen LogP contribution >= 0.6 is 0 Å². The zero-order valence-corrected chi connectivity index (χ0v) is 14.4. The van der Waals surface area contributed by atoms with Crippen molar-refractivity contribution in [2.45, 2.75) is 38.8 Å². The maximum Gasteiger partial charge on any atom is 0.332 e. The Hall–Kier alpha value is -2.09. The van der Waals surface area contributed by atoms with Gasteiger partial charge in [0.1, 0.15) is 0 Å². The summed E-state index contributed by atoms with van der Waals surface area (Å²) in [5, 5.41) is 9.28. The van der Waals surface area contributed by atoms with Crippen molar-refractivity contribution >= 4 is 17.1 Å². The molecule has 23 heavy (non-hydrogen) atoms. The van der Waals surface area contributed by atoms with E-state index in [4.69, 9.17) is 0 Å². The molecule has 8 heteroatoms. The molecule has 0 aliphatic rings. The van der Waals surface area contributed by atoms with Gasteiger partial charge in [0.05, 0.1) is 6.10 Å². The van der Waals surface area contributed by atoms with Gasteiger partial charge in [0.2, 0.25) is 5.95 Å². The highest BCUT2D eigenvalue weighted by molar-refractivity contribution is 5.74. The maximum atomic E-state index is 12.7. The number of fused-ring (bicyclic) bond motifs is 1. The van der Waals surface area contributed by atoms with Crippen LogP contribution in [0.3, 0.4) is 0 Å². The van der Waals surface area contributed by atoms with Gasteiger partial charge in [-0.05, 0) is 26.2 Å². The highest BCUT2D eigenvalue weighted by Crippen LogP contribution is 2.15. The third-order valence-corrected chi connectivity index (χ3v) is 3.99. The number of anilines is 1. The van der Waals surface area contributed by atoms with Gasteiger partial charge in [-0.2, -0.15) is 4.98 Å². The first-order valence-corrected chi connectivity index (χ1v) is 7.77. The lowest BCUT2D eigenvalue weighted by molar-refractivity contribution is 0.180. The average molecular weight is 323 g/mol. The van der Waals surface area contributed by atoms with Crippen LogP contribution < -0.4 is 16.1 Å². The van der Waals surface area contributed by atoms with Gasteiger partial charge in [0.15, 0.2) is 11.2 Å². The summed E-state index contributed by atoms with van der Waals surface area (Å²) in [6.07, 6.45) is 1.73. The van der Waals surface area contributed by atoms with Crippen LogP contribution in [0, 0.1) is 0 Å². The molecule has 0 aromatic carbocycles. The smallest absolute Gasteiger partial charge is 0.332 e. The molecule has 2 heterocycles. The molecule has 1 atom stereocenters. The summed E-state index contributed by atoms with van der Waals surface area (Å²) in [5.74, 6) is 0.624. The molecule has 1 N–H and O–H groups in total. The number of aryl methyl sites for hydroxylation is 2. The molecule has 0 saturated heterocycles. The minimum Gasteiger partial charge on any atom is -0.393 e. The van der Waals surface area contributed by atoms with Crippen LogP contribution in [0.4, 0.5) is 5.95 Å². The second-order valence-electron chi connectivity index (χ2n) is 6.18. The number of aliphatic hydroxyl groups is 1. The van der Waals surface area contributed by atoms with Crippen LogP contribution in [-0.4, -0.2) is 44.0 Å². The Morgan fingerprint density at radius 1 is 1.17 bits per heavy atom. The van der Waals surface area contributed by atoms with Gasteiger partial charge in [-0.1, -0.05) is 0 Å². The Labute approximate surface area is 134 Å². The first-order chi connectivity index (χ1) is 10.8. The van der Waals surface area contributed by atoms with Gasteiger partial charge in [-0.15, -0.1) is 0 Å². The third-order valence-electron chi connectivity index (χ3n) is 3.99. The lowest BCUT2D eigenvalue weighted by Crippen LogP contribution is -2.39. The number of nitrogens with zero attached hydrogens (tertiary/aromatic N) is 5. The second-order valence-corrected chi connectivity index (χ2v) is 6.18. The Bertz CT molecular complexity index is 813. The van der Waals surface area contributed by atoms with Gasteiger partial charge in [-0.25, -0.2) is 4.79 Å². The quantitative estimate of drug-likeness (QED) is 0.759. The van der Waals surface area contributed by atoms with Crippen molar-refractivity contribution < 1.29 is 5.11 Å². The molecular weight excluding hydrogens is 298 g/mol. The molecule has 128 valence electrons. The van der Waals surface area contributed by atoms with Crippen LogP contribution in [0.1, 0.15) is 26.2 Å².